The molecule has 0 aromatic carbocycles. The molecule has 1 aliphatic rings. The van der Waals surface area contributed by atoms with Gasteiger partial charge in [-0.3, -0.25) is 4.79 Å². The predicted molar refractivity (Wildman–Crippen MR) is 65.2 cm³/mol. The predicted octanol–water partition coefficient (Wildman–Crippen LogP) is -0.729. The van der Waals surface area contributed by atoms with E-state index in [4.69, 9.17) is 0 Å². The fourth-order valence-electron chi connectivity index (χ4n) is 2.29. The van der Waals surface area contributed by atoms with Crippen molar-refractivity contribution in [3.8, 4) is 0 Å². The van der Waals surface area contributed by atoms with E-state index in [0.717, 1.165) is 6.54 Å². The van der Waals surface area contributed by atoms with Crippen LogP contribution in [0.3, 0.4) is 0 Å². The number of aromatic amines is 1. The summed E-state index contributed by atoms with van der Waals surface area (Å²) < 4.78 is 0. The molecule has 17 heavy (non-hydrogen) atoms. The fourth-order valence-corrected chi connectivity index (χ4v) is 2.29. The molecule has 0 saturated carbocycles. The lowest BCUT2D eigenvalue weighted by Crippen LogP contribution is -2.40. The molecule has 6 nitrogen and oxygen atoms in total. The highest BCUT2D eigenvalue weighted by atomic mass is 16.3. The molecule has 2 atom stereocenters. The van der Waals surface area contributed by atoms with Gasteiger partial charge in [0.1, 0.15) is 0 Å². The summed E-state index contributed by atoms with van der Waals surface area (Å²) in [4.78, 5) is 22.3. The molecular formula is C11H18N4O2. The van der Waals surface area contributed by atoms with Gasteiger partial charge in [0.25, 0.3) is 5.56 Å². The number of hydrogen-bond donors (Lipinski definition) is 2. The number of anilines is 1. The standard InChI is InChI=1S/C11H18N4O2/c1-14(2)6-8-5-9(16)7-15(8)10-11(17)13-4-3-12-10/h3-4,8-9,16H,5-7H2,1-2H3,(H,13,17). The average molecular weight is 238 g/mol. The summed E-state index contributed by atoms with van der Waals surface area (Å²) in [6.45, 7) is 1.27. The van der Waals surface area contributed by atoms with Gasteiger partial charge in [0.2, 0.25) is 0 Å². The van der Waals surface area contributed by atoms with Crippen molar-refractivity contribution in [2.75, 3.05) is 32.1 Å². The summed E-state index contributed by atoms with van der Waals surface area (Å²) in [6, 6.07) is 0.135. The van der Waals surface area contributed by atoms with Gasteiger partial charge in [0, 0.05) is 31.5 Å². The van der Waals surface area contributed by atoms with Crippen molar-refractivity contribution in [3.05, 3.63) is 22.7 Å². The summed E-state index contributed by atoms with van der Waals surface area (Å²) in [5.74, 6) is 0.399. The van der Waals surface area contributed by atoms with Gasteiger partial charge in [-0.1, -0.05) is 0 Å². The zero-order valence-electron chi connectivity index (χ0n) is 10.1. The second kappa shape index (κ2) is 4.85. The Morgan fingerprint density at radius 2 is 2.41 bits per heavy atom. The third-order valence-electron chi connectivity index (χ3n) is 2.93. The van der Waals surface area contributed by atoms with Crippen LogP contribution in [0.4, 0.5) is 5.82 Å². The summed E-state index contributed by atoms with van der Waals surface area (Å²) in [5, 5.41) is 9.73. The first-order valence-corrected chi connectivity index (χ1v) is 5.71. The molecule has 2 unspecified atom stereocenters. The van der Waals surface area contributed by atoms with E-state index < -0.39 is 0 Å². The minimum Gasteiger partial charge on any atom is -0.391 e. The molecule has 2 heterocycles. The van der Waals surface area contributed by atoms with Crippen molar-refractivity contribution < 1.29 is 5.11 Å². The van der Waals surface area contributed by atoms with E-state index in [2.05, 4.69) is 9.97 Å². The highest BCUT2D eigenvalue weighted by Crippen LogP contribution is 2.21. The number of aliphatic hydroxyl groups is 1. The molecule has 2 rings (SSSR count). The molecule has 1 aromatic heterocycles. The van der Waals surface area contributed by atoms with Crippen LogP contribution < -0.4 is 10.5 Å². The monoisotopic (exact) mass is 238 g/mol. The number of hydrogen-bond acceptors (Lipinski definition) is 5. The Bertz CT molecular complexity index is 431. The van der Waals surface area contributed by atoms with E-state index in [1.165, 1.54) is 6.20 Å². The molecule has 0 radical (unpaired) electrons. The largest absolute Gasteiger partial charge is 0.391 e. The average Bonchev–Trinajstić information content (AvgIpc) is 2.59. The third kappa shape index (κ3) is 2.65. The number of likely N-dealkylation sites (N-methyl/N-ethyl adjacent to an activating group) is 1. The van der Waals surface area contributed by atoms with Crippen LogP contribution in [-0.2, 0) is 0 Å². The molecule has 1 saturated heterocycles. The number of H-pyrrole nitrogens is 1. The number of nitrogens with zero attached hydrogens (tertiary/aromatic N) is 3. The minimum atomic E-state index is -0.388. The van der Waals surface area contributed by atoms with E-state index in [-0.39, 0.29) is 17.7 Å². The molecule has 0 amide bonds. The van der Waals surface area contributed by atoms with Crippen molar-refractivity contribution in [3.63, 3.8) is 0 Å². The SMILES string of the molecule is CN(C)CC1CC(O)CN1c1ncc[nH]c1=O. The Morgan fingerprint density at radius 3 is 3.06 bits per heavy atom. The van der Waals surface area contributed by atoms with E-state index in [1.54, 1.807) is 6.20 Å². The Kier molecular flexibility index (Phi) is 3.44. The quantitative estimate of drug-likeness (QED) is 0.726. The first kappa shape index (κ1) is 12.1. The summed E-state index contributed by atoms with van der Waals surface area (Å²) in [7, 11) is 3.96. The molecular weight excluding hydrogens is 220 g/mol. The van der Waals surface area contributed by atoms with Gasteiger partial charge in [-0.25, -0.2) is 4.98 Å². The molecule has 1 fully saturated rings. The molecule has 94 valence electrons. The summed E-state index contributed by atoms with van der Waals surface area (Å²) >= 11 is 0. The van der Waals surface area contributed by atoms with Crippen LogP contribution in [-0.4, -0.2) is 59.3 Å². The van der Waals surface area contributed by atoms with Crippen LogP contribution in [0.25, 0.3) is 0 Å². The van der Waals surface area contributed by atoms with Crippen LogP contribution in [0.1, 0.15) is 6.42 Å². The van der Waals surface area contributed by atoms with Gasteiger partial charge in [-0.05, 0) is 20.5 Å². The van der Waals surface area contributed by atoms with Crippen molar-refractivity contribution in [1.29, 1.82) is 0 Å². The van der Waals surface area contributed by atoms with Crippen LogP contribution >= 0.6 is 0 Å². The summed E-state index contributed by atoms with van der Waals surface area (Å²) in [5.41, 5.74) is -0.203. The first-order valence-electron chi connectivity index (χ1n) is 5.71. The zero-order chi connectivity index (χ0) is 12.4. The van der Waals surface area contributed by atoms with Crippen LogP contribution in [0, 0.1) is 0 Å². The lowest BCUT2D eigenvalue weighted by Gasteiger charge is -2.26. The molecule has 0 spiro atoms. The maximum absolute atomic E-state index is 11.7. The molecule has 0 aliphatic carbocycles. The Labute approximate surface area is 99.9 Å². The second-order valence-electron chi connectivity index (χ2n) is 4.70. The van der Waals surface area contributed by atoms with Gasteiger partial charge < -0.3 is 19.9 Å². The van der Waals surface area contributed by atoms with Crippen LogP contribution in [0.2, 0.25) is 0 Å². The minimum absolute atomic E-state index is 0.135. The Balaban J connectivity index is 2.24. The fraction of sp³-hybridized carbons (Fsp3) is 0.636. The topological polar surface area (TPSA) is 72.5 Å². The lowest BCUT2D eigenvalue weighted by atomic mass is 10.2. The van der Waals surface area contributed by atoms with Crippen molar-refractivity contribution in [1.82, 2.24) is 14.9 Å². The molecule has 1 aromatic rings. The van der Waals surface area contributed by atoms with Gasteiger partial charge in [0.05, 0.1) is 6.10 Å². The lowest BCUT2D eigenvalue weighted by molar-refractivity contribution is 0.191. The first-order chi connectivity index (χ1) is 8.08. The van der Waals surface area contributed by atoms with Gasteiger partial charge in [-0.2, -0.15) is 0 Å². The number of β-amino-alcohol motifs (C(OH)–C–C–N with tert-alkyl or cyclic N) is 1. The number of nitrogens with one attached hydrogen (secondary N) is 1. The third-order valence-corrected chi connectivity index (χ3v) is 2.93. The Hall–Kier alpha value is -1.40. The number of aromatic nitrogens is 2. The van der Waals surface area contributed by atoms with E-state index >= 15 is 0 Å². The summed E-state index contributed by atoms with van der Waals surface area (Å²) in [6.07, 6.45) is 3.36. The molecule has 2 N–H and O–H groups in total. The van der Waals surface area contributed by atoms with Gasteiger partial charge in [-0.15, -0.1) is 0 Å². The van der Waals surface area contributed by atoms with Crippen molar-refractivity contribution in [2.24, 2.45) is 0 Å². The van der Waals surface area contributed by atoms with Crippen LogP contribution in [0.15, 0.2) is 17.2 Å². The van der Waals surface area contributed by atoms with E-state index in [1.807, 2.05) is 23.9 Å². The van der Waals surface area contributed by atoms with Crippen molar-refractivity contribution in [2.45, 2.75) is 18.6 Å². The molecule has 1 aliphatic heterocycles. The normalized spacial score (nSPS) is 24.6. The van der Waals surface area contributed by atoms with Gasteiger partial charge >= 0.3 is 0 Å². The van der Waals surface area contributed by atoms with Gasteiger partial charge in [0.15, 0.2) is 5.82 Å². The number of rotatable bonds is 3. The highest BCUT2D eigenvalue weighted by Gasteiger charge is 2.33. The Morgan fingerprint density at radius 1 is 1.65 bits per heavy atom. The maximum atomic E-state index is 11.7. The smallest absolute Gasteiger partial charge is 0.290 e. The van der Waals surface area contributed by atoms with E-state index in [9.17, 15) is 9.90 Å². The maximum Gasteiger partial charge on any atom is 0.290 e. The molecule has 6 heteroatoms. The van der Waals surface area contributed by atoms with Crippen LogP contribution in [0.5, 0.6) is 0 Å². The van der Waals surface area contributed by atoms with Crippen molar-refractivity contribution >= 4 is 5.82 Å². The number of aliphatic hydroxyl groups excluding tert-OH is 1. The zero-order valence-corrected chi connectivity index (χ0v) is 10.1. The highest BCUT2D eigenvalue weighted by molar-refractivity contribution is 5.39. The second-order valence-corrected chi connectivity index (χ2v) is 4.70. The molecule has 0 bridgehead atoms. The van der Waals surface area contributed by atoms with E-state index in [0.29, 0.717) is 18.8 Å².